The number of methoxy groups -OCH3 is 1. The number of rotatable bonds is 5. The van der Waals surface area contributed by atoms with E-state index in [1.165, 1.54) is 12.1 Å². The Hall–Kier alpha value is -0.940. The predicted octanol–water partition coefficient (Wildman–Crippen LogP) is 2.74. The summed E-state index contributed by atoms with van der Waals surface area (Å²) < 4.78 is 19.1. The number of hydrogen-bond acceptors (Lipinski definition) is 2. The highest BCUT2D eigenvalue weighted by Crippen LogP contribution is 2.15. The van der Waals surface area contributed by atoms with Gasteiger partial charge in [-0.05, 0) is 24.6 Å². The lowest BCUT2D eigenvalue weighted by molar-refractivity contribution is 0.0890. The van der Waals surface area contributed by atoms with E-state index in [1.54, 1.807) is 13.2 Å². The van der Waals surface area contributed by atoms with Crippen molar-refractivity contribution in [3.63, 3.8) is 0 Å². The molecular formula is C12H15BrFNO2. The molecule has 0 radical (unpaired) electrons. The monoisotopic (exact) mass is 303 g/mol. The van der Waals surface area contributed by atoms with Crippen LogP contribution in [0.15, 0.2) is 22.7 Å². The Bertz CT molecular complexity index is 398. The zero-order valence-corrected chi connectivity index (χ0v) is 11.4. The van der Waals surface area contributed by atoms with Gasteiger partial charge in [-0.25, -0.2) is 4.39 Å². The molecule has 0 aromatic heterocycles. The second-order valence-corrected chi connectivity index (χ2v) is 4.57. The van der Waals surface area contributed by atoms with E-state index in [0.29, 0.717) is 11.1 Å². The van der Waals surface area contributed by atoms with E-state index in [1.807, 2.05) is 6.92 Å². The fraction of sp³-hybridized carbons (Fsp3) is 0.417. The third-order valence-electron chi connectivity index (χ3n) is 2.37. The van der Waals surface area contributed by atoms with Gasteiger partial charge < -0.3 is 10.1 Å². The molecule has 1 rings (SSSR count). The molecule has 0 bridgehead atoms. The fourth-order valence-electron chi connectivity index (χ4n) is 1.40. The summed E-state index contributed by atoms with van der Waals surface area (Å²) in [5.41, 5.74) is 0.0442. The molecule has 1 aromatic carbocycles. The smallest absolute Gasteiger partial charge is 0.254 e. The predicted molar refractivity (Wildman–Crippen MR) is 67.5 cm³/mol. The zero-order chi connectivity index (χ0) is 12.8. The second-order valence-electron chi connectivity index (χ2n) is 3.66. The summed E-state index contributed by atoms with van der Waals surface area (Å²) >= 11 is 3.14. The van der Waals surface area contributed by atoms with Crippen LogP contribution < -0.4 is 5.32 Å². The first-order chi connectivity index (χ1) is 8.08. The maximum absolute atomic E-state index is 13.5. The Morgan fingerprint density at radius 3 is 2.82 bits per heavy atom. The van der Waals surface area contributed by atoms with Crippen molar-refractivity contribution in [2.24, 2.45) is 0 Å². The number of hydrogen-bond donors (Lipinski definition) is 1. The van der Waals surface area contributed by atoms with Gasteiger partial charge in [0.25, 0.3) is 5.91 Å². The number of carbonyl (C=O) groups excluding carboxylic acids is 1. The molecule has 0 spiro atoms. The molecule has 0 heterocycles. The van der Waals surface area contributed by atoms with Crippen molar-refractivity contribution < 1.29 is 13.9 Å². The number of benzene rings is 1. The minimum Gasteiger partial charge on any atom is -0.383 e. The first-order valence-electron chi connectivity index (χ1n) is 5.33. The minimum absolute atomic E-state index is 0.0442. The molecule has 1 aromatic rings. The van der Waals surface area contributed by atoms with Gasteiger partial charge in [0.05, 0.1) is 18.2 Å². The van der Waals surface area contributed by atoms with Crippen LogP contribution in [0.4, 0.5) is 4.39 Å². The Labute approximate surface area is 108 Å². The van der Waals surface area contributed by atoms with Gasteiger partial charge in [-0.2, -0.15) is 0 Å². The molecule has 0 fully saturated rings. The topological polar surface area (TPSA) is 38.3 Å². The lowest BCUT2D eigenvalue weighted by atomic mass is 10.1. The number of ether oxygens (including phenoxy) is 1. The Balaban J connectivity index is 2.75. The van der Waals surface area contributed by atoms with Crippen molar-refractivity contribution in [1.29, 1.82) is 0 Å². The minimum atomic E-state index is -0.538. The maximum atomic E-state index is 13.5. The van der Waals surface area contributed by atoms with Gasteiger partial charge in [-0.3, -0.25) is 4.79 Å². The molecule has 0 aliphatic heterocycles. The second kappa shape index (κ2) is 6.71. The van der Waals surface area contributed by atoms with Gasteiger partial charge in [-0.1, -0.05) is 22.9 Å². The van der Waals surface area contributed by atoms with E-state index in [2.05, 4.69) is 21.2 Å². The van der Waals surface area contributed by atoms with E-state index in [4.69, 9.17) is 4.74 Å². The van der Waals surface area contributed by atoms with Crippen LogP contribution >= 0.6 is 15.9 Å². The van der Waals surface area contributed by atoms with Crippen LogP contribution in [0, 0.1) is 5.82 Å². The lowest BCUT2D eigenvalue weighted by Gasteiger charge is -2.16. The van der Waals surface area contributed by atoms with Crippen LogP contribution in [-0.4, -0.2) is 25.7 Å². The molecule has 0 aliphatic rings. The Morgan fingerprint density at radius 1 is 1.59 bits per heavy atom. The normalized spacial score (nSPS) is 12.2. The SMILES string of the molecule is CCC(COC)NC(=O)c1ccc(Br)cc1F. The van der Waals surface area contributed by atoms with E-state index in [9.17, 15) is 9.18 Å². The van der Waals surface area contributed by atoms with Crippen LogP contribution in [0.25, 0.3) is 0 Å². The van der Waals surface area contributed by atoms with Crippen LogP contribution in [-0.2, 0) is 4.74 Å². The first-order valence-corrected chi connectivity index (χ1v) is 6.12. The van der Waals surface area contributed by atoms with Gasteiger partial charge in [0.15, 0.2) is 0 Å². The van der Waals surface area contributed by atoms with Gasteiger partial charge in [0.1, 0.15) is 5.82 Å². The average Bonchev–Trinajstić information content (AvgIpc) is 2.28. The number of nitrogens with one attached hydrogen (secondary N) is 1. The molecule has 0 aliphatic carbocycles. The summed E-state index contributed by atoms with van der Waals surface area (Å²) in [6.07, 6.45) is 0.734. The quantitative estimate of drug-likeness (QED) is 0.908. The molecule has 3 nitrogen and oxygen atoms in total. The molecule has 0 saturated carbocycles. The zero-order valence-electron chi connectivity index (χ0n) is 9.80. The maximum Gasteiger partial charge on any atom is 0.254 e. The first kappa shape index (κ1) is 14.1. The fourth-order valence-corrected chi connectivity index (χ4v) is 1.73. The summed E-state index contributed by atoms with van der Waals surface area (Å²) in [7, 11) is 1.56. The summed E-state index contributed by atoms with van der Waals surface area (Å²) in [4.78, 5) is 11.8. The molecule has 94 valence electrons. The van der Waals surface area contributed by atoms with Crippen molar-refractivity contribution in [2.75, 3.05) is 13.7 Å². The van der Waals surface area contributed by atoms with Gasteiger partial charge >= 0.3 is 0 Å². The molecule has 1 N–H and O–H groups in total. The van der Waals surface area contributed by atoms with Gasteiger partial charge in [0, 0.05) is 11.6 Å². The molecule has 0 saturated heterocycles. The highest BCUT2D eigenvalue weighted by molar-refractivity contribution is 9.10. The van der Waals surface area contributed by atoms with Crippen molar-refractivity contribution in [3.8, 4) is 0 Å². The standard InChI is InChI=1S/C12H15BrFNO2/c1-3-9(7-17-2)15-12(16)10-5-4-8(13)6-11(10)14/h4-6,9H,3,7H2,1-2H3,(H,15,16). The van der Waals surface area contributed by atoms with Crippen molar-refractivity contribution in [1.82, 2.24) is 5.32 Å². The number of amides is 1. The van der Waals surface area contributed by atoms with E-state index < -0.39 is 11.7 Å². The van der Waals surface area contributed by atoms with Crippen LogP contribution in [0.2, 0.25) is 0 Å². The molecular weight excluding hydrogens is 289 g/mol. The Kier molecular flexibility index (Phi) is 5.58. The lowest BCUT2D eigenvalue weighted by Crippen LogP contribution is -2.37. The third-order valence-corrected chi connectivity index (χ3v) is 2.86. The molecule has 5 heteroatoms. The van der Waals surface area contributed by atoms with Crippen LogP contribution in [0.1, 0.15) is 23.7 Å². The Morgan fingerprint density at radius 2 is 2.29 bits per heavy atom. The average molecular weight is 304 g/mol. The third kappa shape index (κ3) is 4.09. The molecule has 1 atom stereocenters. The van der Waals surface area contributed by atoms with Crippen LogP contribution in [0.5, 0.6) is 0 Å². The van der Waals surface area contributed by atoms with Crippen molar-refractivity contribution in [3.05, 3.63) is 34.1 Å². The van der Waals surface area contributed by atoms with E-state index in [-0.39, 0.29) is 11.6 Å². The highest BCUT2D eigenvalue weighted by atomic mass is 79.9. The summed E-state index contributed by atoms with van der Waals surface area (Å²) in [5, 5.41) is 2.72. The number of halogens is 2. The molecule has 1 amide bonds. The number of carbonyl (C=O) groups is 1. The van der Waals surface area contributed by atoms with Gasteiger partial charge in [-0.15, -0.1) is 0 Å². The van der Waals surface area contributed by atoms with Crippen LogP contribution in [0.3, 0.4) is 0 Å². The van der Waals surface area contributed by atoms with Gasteiger partial charge in [0.2, 0.25) is 0 Å². The molecule has 17 heavy (non-hydrogen) atoms. The summed E-state index contributed by atoms with van der Waals surface area (Å²) in [6.45, 7) is 2.35. The molecule has 1 unspecified atom stereocenters. The highest BCUT2D eigenvalue weighted by Gasteiger charge is 2.15. The van der Waals surface area contributed by atoms with E-state index in [0.717, 1.165) is 6.42 Å². The van der Waals surface area contributed by atoms with Crippen molar-refractivity contribution in [2.45, 2.75) is 19.4 Å². The summed E-state index contributed by atoms with van der Waals surface area (Å²) in [5.74, 6) is -0.956. The largest absolute Gasteiger partial charge is 0.383 e. The summed E-state index contributed by atoms with van der Waals surface area (Å²) in [6, 6.07) is 4.26. The van der Waals surface area contributed by atoms with E-state index >= 15 is 0 Å². The van der Waals surface area contributed by atoms with Crippen molar-refractivity contribution >= 4 is 21.8 Å².